The third kappa shape index (κ3) is 2.29. The molecule has 1 saturated carbocycles. The minimum Gasteiger partial charge on any atom is -0.358 e. The van der Waals surface area contributed by atoms with E-state index in [2.05, 4.69) is 41.7 Å². The van der Waals surface area contributed by atoms with Gasteiger partial charge in [0.1, 0.15) is 5.69 Å². The van der Waals surface area contributed by atoms with Crippen molar-refractivity contribution in [2.75, 3.05) is 5.32 Å². The SMILES string of the molecule is Brc1cc2ccccc2nc1-c1nsc(NC2CC2)n1. The number of para-hydroxylation sites is 1. The molecule has 0 aliphatic heterocycles. The Labute approximate surface area is 128 Å². The van der Waals surface area contributed by atoms with Gasteiger partial charge in [0.05, 0.1) is 5.52 Å². The van der Waals surface area contributed by atoms with Crippen molar-refractivity contribution >= 4 is 43.5 Å². The number of benzene rings is 1. The van der Waals surface area contributed by atoms with Gasteiger partial charge in [0, 0.05) is 27.4 Å². The number of pyridine rings is 1. The first kappa shape index (κ1) is 12.2. The van der Waals surface area contributed by atoms with Crippen molar-refractivity contribution in [2.45, 2.75) is 18.9 Å². The van der Waals surface area contributed by atoms with Gasteiger partial charge in [-0.25, -0.2) is 4.98 Å². The summed E-state index contributed by atoms with van der Waals surface area (Å²) in [6.07, 6.45) is 2.46. The van der Waals surface area contributed by atoms with Crippen LogP contribution in [0.4, 0.5) is 5.13 Å². The van der Waals surface area contributed by atoms with E-state index in [4.69, 9.17) is 0 Å². The number of fused-ring (bicyclic) bond motifs is 1. The van der Waals surface area contributed by atoms with Crippen molar-refractivity contribution in [1.82, 2.24) is 14.3 Å². The highest BCUT2D eigenvalue weighted by molar-refractivity contribution is 9.10. The summed E-state index contributed by atoms with van der Waals surface area (Å²) in [5.74, 6) is 0.677. The van der Waals surface area contributed by atoms with E-state index in [1.54, 1.807) is 0 Å². The largest absolute Gasteiger partial charge is 0.358 e. The summed E-state index contributed by atoms with van der Waals surface area (Å²) in [5, 5.41) is 5.35. The van der Waals surface area contributed by atoms with Gasteiger partial charge in [-0.05, 0) is 40.9 Å². The van der Waals surface area contributed by atoms with Crippen molar-refractivity contribution < 1.29 is 0 Å². The summed E-state index contributed by atoms with van der Waals surface area (Å²) in [6, 6.07) is 10.7. The van der Waals surface area contributed by atoms with Gasteiger partial charge in [0.15, 0.2) is 5.82 Å². The molecule has 3 aromatic rings. The summed E-state index contributed by atoms with van der Waals surface area (Å²) in [6.45, 7) is 0. The second-order valence-electron chi connectivity index (χ2n) is 4.85. The molecular formula is C14H11BrN4S. The van der Waals surface area contributed by atoms with Gasteiger partial charge in [-0.3, -0.25) is 0 Å². The van der Waals surface area contributed by atoms with Crippen molar-refractivity contribution in [3.63, 3.8) is 0 Å². The number of rotatable bonds is 3. The molecule has 1 fully saturated rings. The molecule has 0 bridgehead atoms. The Morgan fingerprint density at radius 2 is 2.05 bits per heavy atom. The monoisotopic (exact) mass is 346 g/mol. The topological polar surface area (TPSA) is 50.7 Å². The lowest BCUT2D eigenvalue weighted by atomic mass is 10.2. The van der Waals surface area contributed by atoms with Crippen LogP contribution >= 0.6 is 27.5 Å². The van der Waals surface area contributed by atoms with Crippen molar-refractivity contribution in [1.29, 1.82) is 0 Å². The van der Waals surface area contributed by atoms with E-state index in [9.17, 15) is 0 Å². The number of anilines is 1. The molecule has 2 aromatic heterocycles. The van der Waals surface area contributed by atoms with Gasteiger partial charge in [-0.1, -0.05) is 18.2 Å². The molecule has 100 valence electrons. The van der Waals surface area contributed by atoms with E-state index in [1.165, 1.54) is 24.4 Å². The van der Waals surface area contributed by atoms with Crippen LogP contribution in [0.2, 0.25) is 0 Å². The third-order valence-electron chi connectivity index (χ3n) is 3.22. The van der Waals surface area contributed by atoms with Gasteiger partial charge < -0.3 is 5.32 Å². The molecular weight excluding hydrogens is 336 g/mol. The van der Waals surface area contributed by atoms with Crippen LogP contribution in [0.1, 0.15) is 12.8 Å². The maximum Gasteiger partial charge on any atom is 0.203 e. The second-order valence-corrected chi connectivity index (χ2v) is 6.46. The molecule has 0 amide bonds. The summed E-state index contributed by atoms with van der Waals surface area (Å²) in [5.41, 5.74) is 1.75. The lowest BCUT2D eigenvalue weighted by Gasteiger charge is -2.02. The molecule has 0 spiro atoms. The van der Waals surface area contributed by atoms with Crippen LogP contribution in [0.25, 0.3) is 22.4 Å². The van der Waals surface area contributed by atoms with Crippen LogP contribution in [0.5, 0.6) is 0 Å². The predicted octanol–water partition coefficient (Wildman–Crippen LogP) is 4.09. The Kier molecular flexibility index (Phi) is 2.93. The molecule has 0 atom stereocenters. The summed E-state index contributed by atoms with van der Waals surface area (Å²) >= 11 is 4.96. The molecule has 0 saturated heterocycles. The van der Waals surface area contributed by atoms with E-state index in [0.29, 0.717) is 11.9 Å². The fourth-order valence-corrected chi connectivity index (χ4v) is 3.19. The fourth-order valence-electron chi connectivity index (χ4n) is 2.03. The second kappa shape index (κ2) is 4.79. The Hall–Kier alpha value is -1.53. The van der Waals surface area contributed by atoms with E-state index in [-0.39, 0.29) is 0 Å². The number of halogens is 1. The van der Waals surface area contributed by atoms with E-state index < -0.39 is 0 Å². The molecule has 20 heavy (non-hydrogen) atoms. The maximum atomic E-state index is 4.66. The van der Waals surface area contributed by atoms with Gasteiger partial charge in [-0.2, -0.15) is 9.36 Å². The maximum absolute atomic E-state index is 4.66. The molecule has 1 aromatic carbocycles. The predicted molar refractivity (Wildman–Crippen MR) is 85.0 cm³/mol. The smallest absolute Gasteiger partial charge is 0.203 e. The van der Waals surface area contributed by atoms with Crippen LogP contribution in [-0.2, 0) is 0 Å². The Bertz CT molecular complexity index is 782. The third-order valence-corrected chi connectivity index (χ3v) is 4.47. The standard InChI is InChI=1S/C14H11BrN4S/c15-10-7-8-3-1-2-4-11(8)17-12(10)13-18-14(20-19-13)16-9-5-6-9/h1-4,7,9H,5-6H2,(H,16,18,19). The Balaban J connectivity index is 1.76. The Morgan fingerprint density at radius 1 is 1.20 bits per heavy atom. The molecule has 0 unspecified atom stereocenters. The number of nitrogens with zero attached hydrogens (tertiary/aromatic N) is 3. The first-order chi connectivity index (χ1) is 9.79. The first-order valence-electron chi connectivity index (χ1n) is 6.45. The summed E-state index contributed by atoms with van der Waals surface area (Å²) < 4.78 is 5.33. The molecule has 4 nitrogen and oxygen atoms in total. The summed E-state index contributed by atoms with van der Waals surface area (Å²) in [7, 11) is 0. The van der Waals surface area contributed by atoms with Crippen LogP contribution in [0.3, 0.4) is 0 Å². The van der Waals surface area contributed by atoms with Crippen LogP contribution in [0, 0.1) is 0 Å². The van der Waals surface area contributed by atoms with Crippen molar-refractivity contribution in [3.05, 3.63) is 34.8 Å². The van der Waals surface area contributed by atoms with Crippen molar-refractivity contribution in [3.8, 4) is 11.5 Å². The fraction of sp³-hybridized carbons (Fsp3) is 0.214. The average molecular weight is 347 g/mol. The average Bonchev–Trinajstić information content (AvgIpc) is 3.14. The van der Waals surface area contributed by atoms with E-state index >= 15 is 0 Å². The van der Waals surface area contributed by atoms with Gasteiger partial charge in [-0.15, -0.1) is 0 Å². The minimum atomic E-state index is 0.587. The molecule has 1 aliphatic rings. The number of nitrogens with one attached hydrogen (secondary N) is 1. The molecule has 2 heterocycles. The zero-order chi connectivity index (χ0) is 13.5. The van der Waals surface area contributed by atoms with Gasteiger partial charge in [0.25, 0.3) is 0 Å². The lowest BCUT2D eigenvalue weighted by Crippen LogP contribution is -1.99. The highest BCUT2D eigenvalue weighted by atomic mass is 79.9. The Morgan fingerprint density at radius 3 is 2.90 bits per heavy atom. The normalized spacial score (nSPS) is 14.7. The molecule has 4 rings (SSSR count). The molecule has 1 N–H and O–H groups in total. The van der Waals surface area contributed by atoms with E-state index in [0.717, 1.165) is 26.2 Å². The van der Waals surface area contributed by atoms with Crippen LogP contribution in [0.15, 0.2) is 34.8 Å². The zero-order valence-corrected chi connectivity index (χ0v) is 12.9. The van der Waals surface area contributed by atoms with E-state index in [1.807, 2.05) is 24.3 Å². The zero-order valence-electron chi connectivity index (χ0n) is 10.5. The van der Waals surface area contributed by atoms with Crippen molar-refractivity contribution in [2.24, 2.45) is 0 Å². The number of hydrogen-bond donors (Lipinski definition) is 1. The highest BCUT2D eigenvalue weighted by Gasteiger charge is 2.23. The molecule has 0 radical (unpaired) electrons. The molecule has 1 aliphatic carbocycles. The van der Waals surface area contributed by atoms with Crippen LogP contribution < -0.4 is 5.32 Å². The summed E-state index contributed by atoms with van der Waals surface area (Å²) in [4.78, 5) is 9.19. The minimum absolute atomic E-state index is 0.587. The van der Waals surface area contributed by atoms with Gasteiger partial charge >= 0.3 is 0 Å². The lowest BCUT2D eigenvalue weighted by molar-refractivity contribution is 1.13. The number of hydrogen-bond acceptors (Lipinski definition) is 5. The van der Waals surface area contributed by atoms with Crippen LogP contribution in [-0.4, -0.2) is 20.4 Å². The first-order valence-corrected chi connectivity index (χ1v) is 8.02. The van der Waals surface area contributed by atoms with Gasteiger partial charge in [0.2, 0.25) is 5.13 Å². The molecule has 6 heteroatoms. The highest BCUT2D eigenvalue weighted by Crippen LogP contribution is 2.31. The quantitative estimate of drug-likeness (QED) is 0.775. The number of aromatic nitrogens is 3.